The number of hydrogen-bond donors (Lipinski definition) is 3. The fourth-order valence-corrected chi connectivity index (χ4v) is 2.18. The van der Waals surface area contributed by atoms with Gasteiger partial charge in [0.15, 0.2) is 0 Å². The topological polar surface area (TPSA) is 84.6 Å². The number of aliphatic hydroxyl groups excluding tert-OH is 1. The van der Waals surface area contributed by atoms with Crippen LogP contribution in [0.2, 0.25) is 0 Å². The van der Waals surface area contributed by atoms with Crippen molar-refractivity contribution in [2.75, 3.05) is 13.1 Å². The van der Waals surface area contributed by atoms with Crippen molar-refractivity contribution in [1.82, 2.24) is 5.32 Å². The normalized spacial score (nSPS) is 24.1. The Morgan fingerprint density at radius 2 is 2.16 bits per heavy atom. The molecule has 1 aliphatic heterocycles. The third kappa shape index (κ3) is 3.76. The van der Waals surface area contributed by atoms with Crippen LogP contribution in [0.25, 0.3) is 0 Å². The third-order valence-electron chi connectivity index (χ3n) is 3.32. The molecule has 0 aromatic heterocycles. The first-order valence-corrected chi connectivity index (χ1v) is 6.57. The van der Waals surface area contributed by atoms with Crippen LogP contribution in [0.3, 0.4) is 0 Å². The average Bonchev–Trinajstić information content (AvgIpc) is 2.94. The van der Waals surface area contributed by atoms with Crippen LogP contribution < -0.4 is 11.1 Å². The lowest BCUT2D eigenvalue weighted by Crippen LogP contribution is -2.37. The third-order valence-corrected chi connectivity index (χ3v) is 3.32. The molecule has 0 saturated carbocycles. The number of ether oxygens (including phenoxy) is 1. The van der Waals surface area contributed by atoms with E-state index in [1.807, 2.05) is 30.3 Å². The van der Waals surface area contributed by atoms with Gasteiger partial charge in [0.25, 0.3) is 0 Å². The molecule has 3 atom stereocenters. The molecule has 19 heavy (non-hydrogen) atoms. The summed E-state index contributed by atoms with van der Waals surface area (Å²) in [5, 5.41) is 12.6. The van der Waals surface area contributed by atoms with Gasteiger partial charge in [-0.15, -0.1) is 0 Å². The van der Waals surface area contributed by atoms with Crippen LogP contribution in [0.4, 0.5) is 0 Å². The van der Waals surface area contributed by atoms with Crippen molar-refractivity contribution >= 4 is 5.91 Å². The van der Waals surface area contributed by atoms with Crippen LogP contribution in [-0.2, 0) is 9.53 Å². The van der Waals surface area contributed by atoms with Gasteiger partial charge in [0, 0.05) is 13.1 Å². The van der Waals surface area contributed by atoms with Gasteiger partial charge in [0.2, 0.25) is 5.91 Å². The van der Waals surface area contributed by atoms with Gasteiger partial charge in [-0.2, -0.15) is 0 Å². The highest BCUT2D eigenvalue weighted by atomic mass is 16.5. The minimum absolute atomic E-state index is 0.0187. The highest BCUT2D eigenvalue weighted by molar-refractivity contribution is 5.81. The lowest BCUT2D eigenvalue weighted by Gasteiger charge is -2.15. The minimum Gasteiger partial charge on any atom is -0.387 e. The number of amides is 1. The second-order valence-electron chi connectivity index (χ2n) is 4.73. The molecular formula is C14H20N2O3. The molecule has 1 aliphatic rings. The van der Waals surface area contributed by atoms with Crippen LogP contribution >= 0.6 is 0 Å². The summed E-state index contributed by atoms with van der Waals surface area (Å²) >= 11 is 0. The molecule has 104 valence electrons. The van der Waals surface area contributed by atoms with Crippen molar-refractivity contribution in [1.29, 1.82) is 0 Å². The second-order valence-corrected chi connectivity index (χ2v) is 4.73. The molecule has 1 amide bonds. The Hall–Kier alpha value is -1.43. The number of carbonyl (C=O) groups excluding carboxylic acids is 1. The van der Waals surface area contributed by atoms with E-state index in [1.165, 1.54) is 0 Å². The van der Waals surface area contributed by atoms with Crippen molar-refractivity contribution < 1.29 is 14.6 Å². The van der Waals surface area contributed by atoms with Crippen molar-refractivity contribution in [2.24, 2.45) is 5.73 Å². The summed E-state index contributed by atoms with van der Waals surface area (Å²) in [6.07, 6.45) is 0.355. The van der Waals surface area contributed by atoms with E-state index in [0.717, 1.165) is 12.0 Å². The first-order chi connectivity index (χ1) is 9.20. The Balaban J connectivity index is 1.78. The van der Waals surface area contributed by atoms with Gasteiger partial charge >= 0.3 is 0 Å². The standard InChI is InChI=1S/C14H20N2O3/c15-8-11-6-7-13(19-11)14(18)16-9-12(17)10-4-2-1-3-5-10/h1-5,11-13,17H,6-9,15H2,(H,16,18). The number of carbonyl (C=O) groups is 1. The fourth-order valence-electron chi connectivity index (χ4n) is 2.18. The monoisotopic (exact) mass is 264 g/mol. The van der Waals surface area contributed by atoms with Crippen LogP contribution in [0.5, 0.6) is 0 Å². The Bertz CT molecular complexity index is 410. The quantitative estimate of drug-likeness (QED) is 0.716. The van der Waals surface area contributed by atoms with Crippen LogP contribution in [0.1, 0.15) is 24.5 Å². The fraction of sp³-hybridized carbons (Fsp3) is 0.500. The molecule has 0 aliphatic carbocycles. The molecule has 4 N–H and O–H groups in total. The predicted octanol–water partition coefficient (Wildman–Crippen LogP) is 0.343. The van der Waals surface area contributed by atoms with Gasteiger partial charge in [-0.1, -0.05) is 30.3 Å². The SMILES string of the molecule is NCC1CCC(C(=O)NCC(O)c2ccccc2)O1. The van der Waals surface area contributed by atoms with E-state index in [1.54, 1.807) is 0 Å². The van der Waals surface area contributed by atoms with Crippen molar-refractivity contribution in [3.8, 4) is 0 Å². The molecular weight excluding hydrogens is 244 g/mol. The Labute approximate surface area is 112 Å². The molecule has 5 nitrogen and oxygen atoms in total. The van der Waals surface area contributed by atoms with E-state index in [4.69, 9.17) is 10.5 Å². The summed E-state index contributed by atoms with van der Waals surface area (Å²) in [7, 11) is 0. The second kappa shape index (κ2) is 6.65. The molecule has 1 fully saturated rings. The largest absolute Gasteiger partial charge is 0.387 e. The molecule has 2 rings (SSSR count). The Kier molecular flexibility index (Phi) is 4.90. The minimum atomic E-state index is -0.697. The van der Waals surface area contributed by atoms with Gasteiger partial charge in [-0.3, -0.25) is 4.79 Å². The van der Waals surface area contributed by atoms with E-state index in [9.17, 15) is 9.90 Å². The summed E-state index contributed by atoms with van der Waals surface area (Å²) in [4.78, 5) is 11.9. The number of hydrogen-bond acceptors (Lipinski definition) is 4. The highest BCUT2D eigenvalue weighted by Crippen LogP contribution is 2.19. The number of nitrogens with one attached hydrogen (secondary N) is 1. The van der Waals surface area contributed by atoms with Gasteiger partial charge in [0.05, 0.1) is 12.2 Å². The van der Waals surface area contributed by atoms with Crippen LogP contribution in [0, 0.1) is 0 Å². The van der Waals surface area contributed by atoms with E-state index in [0.29, 0.717) is 13.0 Å². The van der Waals surface area contributed by atoms with Crippen molar-refractivity contribution in [3.63, 3.8) is 0 Å². The van der Waals surface area contributed by atoms with Crippen LogP contribution in [0.15, 0.2) is 30.3 Å². The molecule has 1 heterocycles. The van der Waals surface area contributed by atoms with Gasteiger partial charge < -0.3 is 20.9 Å². The summed E-state index contributed by atoms with van der Waals surface area (Å²) in [6, 6.07) is 9.24. The molecule has 0 spiro atoms. The maximum Gasteiger partial charge on any atom is 0.249 e. The maximum atomic E-state index is 11.9. The molecule has 3 unspecified atom stereocenters. The van der Waals surface area contributed by atoms with E-state index >= 15 is 0 Å². The zero-order valence-electron chi connectivity index (χ0n) is 10.8. The van der Waals surface area contributed by atoms with Gasteiger partial charge in [-0.25, -0.2) is 0 Å². The molecule has 1 saturated heterocycles. The highest BCUT2D eigenvalue weighted by Gasteiger charge is 2.29. The number of rotatable bonds is 5. The van der Waals surface area contributed by atoms with Crippen LogP contribution in [-0.4, -0.2) is 36.3 Å². The first-order valence-electron chi connectivity index (χ1n) is 6.57. The number of benzene rings is 1. The first kappa shape index (κ1) is 14.0. The molecule has 1 aromatic rings. The summed E-state index contributed by atoms with van der Waals surface area (Å²) in [5.41, 5.74) is 6.28. The molecule has 0 bridgehead atoms. The van der Waals surface area contributed by atoms with E-state index < -0.39 is 12.2 Å². The molecule has 0 radical (unpaired) electrons. The van der Waals surface area contributed by atoms with Crippen molar-refractivity contribution in [2.45, 2.75) is 31.2 Å². The average molecular weight is 264 g/mol. The van der Waals surface area contributed by atoms with Gasteiger partial charge in [0.1, 0.15) is 6.10 Å². The van der Waals surface area contributed by atoms with Crippen molar-refractivity contribution in [3.05, 3.63) is 35.9 Å². The summed E-state index contributed by atoms with van der Waals surface area (Å²) < 4.78 is 5.49. The predicted molar refractivity (Wildman–Crippen MR) is 71.4 cm³/mol. The lowest BCUT2D eigenvalue weighted by molar-refractivity contribution is -0.132. The van der Waals surface area contributed by atoms with E-state index in [2.05, 4.69) is 5.32 Å². The lowest BCUT2D eigenvalue weighted by atomic mass is 10.1. The zero-order valence-corrected chi connectivity index (χ0v) is 10.8. The zero-order chi connectivity index (χ0) is 13.7. The smallest absolute Gasteiger partial charge is 0.249 e. The molecule has 1 aromatic carbocycles. The van der Waals surface area contributed by atoms with Gasteiger partial charge in [-0.05, 0) is 18.4 Å². The summed E-state index contributed by atoms with van der Waals surface area (Å²) in [5.74, 6) is -0.175. The summed E-state index contributed by atoms with van der Waals surface area (Å²) in [6.45, 7) is 0.631. The Morgan fingerprint density at radius 1 is 1.42 bits per heavy atom. The molecule has 5 heteroatoms. The van der Waals surface area contributed by atoms with E-state index in [-0.39, 0.29) is 18.6 Å². The Morgan fingerprint density at radius 3 is 2.79 bits per heavy atom. The number of aliphatic hydroxyl groups is 1. The maximum absolute atomic E-state index is 11.9. The number of nitrogens with two attached hydrogens (primary N) is 1.